The lowest BCUT2D eigenvalue weighted by Crippen LogP contribution is -2.05. The SMILES string of the molecule is Cl.NNc1nnc(-c2cccc(C(F)(F)F)c2)s1. The number of nitrogens with two attached hydrogens (primary N) is 1. The van der Waals surface area contributed by atoms with Crippen LogP contribution in [0.4, 0.5) is 18.3 Å². The molecular weight excluding hydrogens is 289 g/mol. The number of alkyl halides is 3. The van der Waals surface area contributed by atoms with E-state index >= 15 is 0 Å². The molecule has 0 radical (unpaired) electrons. The second-order valence-electron chi connectivity index (χ2n) is 3.14. The van der Waals surface area contributed by atoms with Crippen molar-refractivity contribution >= 4 is 28.9 Å². The van der Waals surface area contributed by atoms with Gasteiger partial charge in [0.2, 0.25) is 5.13 Å². The van der Waals surface area contributed by atoms with Crippen LogP contribution in [0.25, 0.3) is 10.6 Å². The molecule has 0 saturated carbocycles. The summed E-state index contributed by atoms with van der Waals surface area (Å²) in [5.41, 5.74) is 1.93. The fraction of sp³-hybridized carbons (Fsp3) is 0.111. The van der Waals surface area contributed by atoms with Crippen molar-refractivity contribution < 1.29 is 13.2 Å². The molecule has 4 nitrogen and oxygen atoms in total. The third-order valence-corrected chi connectivity index (χ3v) is 2.89. The largest absolute Gasteiger partial charge is 0.416 e. The third-order valence-electron chi connectivity index (χ3n) is 1.99. The number of hydrogen-bond donors (Lipinski definition) is 2. The molecule has 2 aromatic rings. The molecule has 3 N–H and O–H groups in total. The lowest BCUT2D eigenvalue weighted by molar-refractivity contribution is -0.137. The van der Waals surface area contributed by atoms with Crippen LogP contribution in [0.1, 0.15) is 5.56 Å². The molecule has 1 aromatic carbocycles. The van der Waals surface area contributed by atoms with Gasteiger partial charge in [-0.25, -0.2) is 5.84 Å². The summed E-state index contributed by atoms with van der Waals surface area (Å²) in [7, 11) is 0. The van der Waals surface area contributed by atoms with Crippen LogP contribution in [0.2, 0.25) is 0 Å². The molecule has 9 heteroatoms. The predicted molar refractivity (Wildman–Crippen MR) is 65.4 cm³/mol. The summed E-state index contributed by atoms with van der Waals surface area (Å²) in [4.78, 5) is 0. The zero-order chi connectivity index (χ0) is 12.5. The van der Waals surface area contributed by atoms with Gasteiger partial charge in [0.05, 0.1) is 5.56 Å². The van der Waals surface area contributed by atoms with E-state index in [0.717, 1.165) is 23.5 Å². The van der Waals surface area contributed by atoms with E-state index in [2.05, 4.69) is 15.6 Å². The zero-order valence-corrected chi connectivity index (χ0v) is 10.4. The molecule has 18 heavy (non-hydrogen) atoms. The van der Waals surface area contributed by atoms with Crippen molar-refractivity contribution in [2.24, 2.45) is 5.84 Å². The fourth-order valence-electron chi connectivity index (χ4n) is 1.23. The number of hydrazine groups is 1. The number of nitrogens with one attached hydrogen (secondary N) is 1. The molecule has 2 rings (SSSR count). The van der Waals surface area contributed by atoms with Crippen molar-refractivity contribution in [3.63, 3.8) is 0 Å². The number of hydrogen-bond acceptors (Lipinski definition) is 5. The topological polar surface area (TPSA) is 63.8 Å². The van der Waals surface area contributed by atoms with Gasteiger partial charge in [-0.05, 0) is 12.1 Å². The smallest absolute Gasteiger partial charge is 0.298 e. The average Bonchev–Trinajstić information content (AvgIpc) is 2.76. The first-order valence-electron chi connectivity index (χ1n) is 4.48. The molecule has 0 aliphatic heterocycles. The van der Waals surface area contributed by atoms with Gasteiger partial charge in [-0.1, -0.05) is 23.5 Å². The Morgan fingerprint density at radius 2 is 1.94 bits per heavy atom. The predicted octanol–water partition coefficient (Wildman–Crippen LogP) is 2.93. The Labute approximate surface area is 110 Å². The lowest BCUT2D eigenvalue weighted by Gasteiger charge is -2.06. The van der Waals surface area contributed by atoms with E-state index in [1.807, 2.05) is 0 Å². The first kappa shape index (κ1) is 14.7. The van der Waals surface area contributed by atoms with E-state index in [1.54, 1.807) is 0 Å². The molecule has 0 spiro atoms. The normalized spacial score (nSPS) is 10.9. The van der Waals surface area contributed by atoms with Crippen LogP contribution in [0, 0.1) is 0 Å². The first-order valence-corrected chi connectivity index (χ1v) is 5.30. The molecule has 0 atom stereocenters. The number of aromatic nitrogens is 2. The van der Waals surface area contributed by atoms with Crippen molar-refractivity contribution in [2.45, 2.75) is 6.18 Å². The quantitative estimate of drug-likeness (QED) is 0.660. The van der Waals surface area contributed by atoms with Gasteiger partial charge < -0.3 is 0 Å². The highest BCUT2D eigenvalue weighted by molar-refractivity contribution is 7.18. The first-order chi connectivity index (χ1) is 8.00. The molecule has 1 aromatic heterocycles. The molecule has 0 bridgehead atoms. The molecular formula is C9H8ClF3N4S. The minimum absolute atomic E-state index is 0. The zero-order valence-electron chi connectivity index (χ0n) is 8.73. The number of benzene rings is 1. The van der Waals surface area contributed by atoms with Crippen LogP contribution >= 0.6 is 23.7 Å². The van der Waals surface area contributed by atoms with Crippen LogP contribution in [-0.4, -0.2) is 10.2 Å². The highest BCUT2D eigenvalue weighted by Crippen LogP contribution is 2.33. The second-order valence-corrected chi connectivity index (χ2v) is 4.11. The van der Waals surface area contributed by atoms with Gasteiger partial charge in [0.1, 0.15) is 5.01 Å². The molecule has 0 saturated heterocycles. The summed E-state index contributed by atoms with van der Waals surface area (Å²) in [6, 6.07) is 4.90. The monoisotopic (exact) mass is 296 g/mol. The van der Waals surface area contributed by atoms with Crippen LogP contribution < -0.4 is 11.3 Å². The van der Waals surface area contributed by atoms with Crippen LogP contribution in [-0.2, 0) is 6.18 Å². The van der Waals surface area contributed by atoms with Gasteiger partial charge in [-0.3, -0.25) is 5.43 Å². The molecule has 98 valence electrons. The minimum atomic E-state index is -4.37. The van der Waals surface area contributed by atoms with Gasteiger partial charge in [-0.15, -0.1) is 22.6 Å². The molecule has 0 fully saturated rings. The lowest BCUT2D eigenvalue weighted by atomic mass is 10.1. The fourth-order valence-corrected chi connectivity index (χ4v) is 1.88. The summed E-state index contributed by atoms with van der Waals surface area (Å²) in [5.74, 6) is 5.12. The molecule has 0 aliphatic carbocycles. The van der Waals surface area contributed by atoms with Crippen molar-refractivity contribution in [3.8, 4) is 10.6 Å². The van der Waals surface area contributed by atoms with Gasteiger partial charge in [-0.2, -0.15) is 13.2 Å². The Morgan fingerprint density at radius 3 is 2.50 bits per heavy atom. The number of rotatable bonds is 2. The van der Waals surface area contributed by atoms with Gasteiger partial charge >= 0.3 is 6.18 Å². The molecule has 0 aliphatic rings. The van der Waals surface area contributed by atoms with E-state index in [-0.39, 0.29) is 12.4 Å². The van der Waals surface area contributed by atoms with E-state index in [0.29, 0.717) is 15.7 Å². The highest BCUT2D eigenvalue weighted by atomic mass is 35.5. The van der Waals surface area contributed by atoms with E-state index in [9.17, 15) is 13.2 Å². The summed E-state index contributed by atoms with van der Waals surface area (Å²) >= 11 is 1.08. The molecule has 1 heterocycles. The van der Waals surface area contributed by atoms with E-state index in [4.69, 9.17) is 5.84 Å². The third kappa shape index (κ3) is 3.09. The van der Waals surface area contributed by atoms with Crippen LogP contribution in [0.15, 0.2) is 24.3 Å². The van der Waals surface area contributed by atoms with E-state index in [1.165, 1.54) is 12.1 Å². The Balaban J connectivity index is 0.00000162. The Hall–Kier alpha value is -1.38. The van der Waals surface area contributed by atoms with Crippen molar-refractivity contribution in [3.05, 3.63) is 29.8 Å². The number of anilines is 1. The van der Waals surface area contributed by atoms with Crippen LogP contribution in [0.5, 0.6) is 0 Å². The Bertz CT molecular complexity index is 529. The van der Waals surface area contributed by atoms with Gasteiger partial charge in [0, 0.05) is 5.56 Å². The molecule has 0 unspecified atom stereocenters. The van der Waals surface area contributed by atoms with Gasteiger partial charge in [0.15, 0.2) is 0 Å². The van der Waals surface area contributed by atoms with Crippen molar-refractivity contribution in [1.82, 2.24) is 10.2 Å². The summed E-state index contributed by atoms with van der Waals surface area (Å²) in [5, 5.41) is 8.12. The number of nitrogens with zero attached hydrogens (tertiary/aromatic N) is 2. The van der Waals surface area contributed by atoms with Gasteiger partial charge in [0.25, 0.3) is 0 Å². The highest BCUT2D eigenvalue weighted by Gasteiger charge is 2.30. The maximum atomic E-state index is 12.5. The summed E-state index contributed by atoms with van der Waals surface area (Å²) in [6.07, 6.45) is -4.37. The maximum absolute atomic E-state index is 12.5. The molecule has 0 amide bonds. The van der Waals surface area contributed by atoms with Crippen molar-refractivity contribution in [1.29, 1.82) is 0 Å². The average molecular weight is 297 g/mol. The van der Waals surface area contributed by atoms with E-state index < -0.39 is 11.7 Å². The van der Waals surface area contributed by atoms with Crippen LogP contribution in [0.3, 0.4) is 0 Å². The standard InChI is InChI=1S/C9H7F3N4S.ClH/c10-9(11,12)6-3-1-2-5(4-6)7-15-16-8(14-13)17-7;/h1-4H,13H2,(H,14,16);1H. The number of halogens is 4. The second kappa shape index (κ2) is 5.51. The maximum Gasteiger partial charge on any atom is 0.416 e. The Kier molecular flexibility index (Phi) is 4.49. The minimum Gasteiger partial charge on any atom is -0.298 e. The Morgan fingerprint density at radius 1 is 1.22 bits per heavy atom. The summed E-state index contributed by atoms with van der Waals surface area (Å²) in [6.45, 7) is 0. The summed E-state index contributed by atoms with van der Waals surface area (Å²) < 4.78 is 37.5. The number of nitrogen functional groups attached to an aromatic ring is 1. The van der Waals surface area contributed by atoms with Crippen molar-refractivity contribution in [2.75, 3.05) is 5.43 Å².